The Labute approximate surface area is 120 Å². The minimum atomic E-state index is -4.56. The van der Waals surface area contributed by atoms with Gasteiger partial charge in [-0.15, -0.1) is 0 Å². The van der Waals surface area contributed by atoms with Gasteiger partial charge in [0.1, 0.15) is 0 Å². The van der Waals surface area contributed by atoms with E-state index in [0.717, 1.165) is 9.79 Å². The Kier molecular flexibility index (Phi) is 3.85. The fourth-order valence-electron chi connectivity index (χ4n) is 1.64. The van der Waals surface area contributed by atoms with E-state index < -0.39 is 17.8 Å². The minimum absolute atomic E-state index is 0.0293. The molecular weight excluding hydrogens is 341 g/mol. The smallest absolute Gasteiger partial charge is 0.434 e. The Bertz CT molecular complexity index is 652. The summed E-state index contributed by atoms with van der Waals surface area (Å²) >= 11 is 2.95. The van der Waals surface area contributed by atoms with Crippen LogP contribution >= 0.6 is 16.1 Å². The molecule has 0 spiro atoms. The maximum atomic E-state index is 12.6. The summed E-state index contributed by atoms with van der Waals surface area (Å²) in [4.78, 5) is 15.1. The molecule has 20 heavy (non-hydrogen) atoms. The van der Waals surface area contributed by atoms with Gasteiger partial charge in [0.25, 0.3) is 0 Å². The first-order chi connectivity index (χ1) is 9.34. The molecule has 4 nitrogen and oxygen atoms in total. The average molecular weight is 349 g/mol. The summed E-state index contributed by atoms with van der Waals surface area (Å²) in [5.41, 5.74) is -0.675. The van der Waals surface area contributed by atoms with E-state index in [-0.39, 0.29) is 17.0 Å². The summed E-state index contributed by atoms with van der Waals surface area (Å²) in [6.45, 7) is 0. The van der Waals surface area contributed by atoms with Crippen molar-refractivity contribution in [2.24, 2.45) is 0 Å². The number of hydrogen-bond donors (Lipinski definition) is 0. The molecule has 2 rings (SSSR count). The number of carbonyl (C=O) groups excluding carboxylic acids is 1. The largest absolute Gasteiger partial charge is 0.465 e. The van der Waals surface area contributed by atoms with Gasteiger partial charge in [-0.25, -0.2) is 9.78 Å². The Morgan fingerprint density at radius 3 is 2.55 bits per heavy atom. The number of nitrogens with zero attached hydrogens (tertiary/aromatic N) is 2. The summed E-state index contributed by atoms with van der Waals surface area (Å²) in [5.74, 6) is -0.678. The predicted octanol–water partition coefficient (Wildman–Crippen LogP) is 3.51. The number of carbonyl (C=O) groups is 1. The second-order valence-electron chi connectivity index (χ2n) is 3.80. The number of methoxy groups -OCH3 is 1. The van der Waals surface area contributed by atoms with Gasteiger partial charge in [0.05, 0.1) is 28.8 Å². The quantitative estimate of drug-likeness (QED) is 0.780. The molecular formula is C12H8BrF3N2O2. The third-order valence-electron chi connectivity index (χ3n) is 2.53. The summed E-state index contributed by atoms with van der Waals surface area (Å²) < 4.78 is 43.5. The summed E-state index contributed by atoms with van der Waals surface area (Å²) in [6, 6.07) is 6.13. The maximum absolute atomic E-state index is 12.6. The summed E-state index contributed by atoms with van der Waals surface area (Å²) in [7, 11) is 1.20. The second-order valence-corrected chi connectivity index (χ2v) is 4.56. The fraction of sp³-hybridized carbons (Fsp3) is 0.167. The van der Waals surface area contributed by atoms with Gasteiger partial charge in [-0.2, -0.15) is 13.2 Å². The molecule has 0 aliphatic carbocycles. The molecule has 0 aliphatic heterocycles. The number of imidazole rings is 1. The van der Waals surface area contributed by atoms with Crippen LogP contribution in [0, 0.1) is 0 Å². The third kappa shape index (κ3) is 2.69. The first-order valence-corrected chi connectivity index (χ1v) is 6.06. The third-order valence-corrected chi connectivity index (χ3v) is 3.07. The number of esters is 1. The average Bonchev–Trinajstić information content (AvgIpc) is 2.80. The van der Waals surface area contributed by atoms with E-state index >= 15 is 0 Å². The van der Waals surface area contributed by atoms with E-state index in [4.69, 9.17) is 0 Å². The van der Waals surface area contributed by atoms with Gasteiger partial charge < -0.3 is 4.74 Å². The fourth-order valence-corrected chi connectivity index (χ4v) is 2.10. The first kappa shape index (κ1) is 14.6. The van der Waals surface area contributed by atoms with Gasteiger partial charge in [-0.05, 0) is 6.07 Å². The van der Waals surface area contributed by atoms with Crippen LogP contribution in [0.4, 0.5) is 13.2 Å². The van der Waals surface area contributed by atoms with Crippen molar-refractivity contribution < 1.29 is 22.7 Å². The molecule has 1 aromatic carbocycles. The molecule has 2 aromatic rings. The first-order valence-electron chi connectivity index (χ1n) is 5.35. The van der Waals surface area contributed by atoms with Crippen molar-refractivity contribution in [3.63, 3.8) is 0 Å². The Balaban J connectivity index is 2.58. The maximum Gasteiger partial charge on any atom is 0.434 e. The van der Waals surface area contributed by atoms with E-state index in [1.807, 2.05) is 0 Å². The van der Waals surface area contributed by atoms with Crippen LogP contribution in [-0.2, 0) is 10.9 Å². The van der Waals surface area contributed by atoms with E-state index in [0.29, 0.717) is 0 Å². The van der Waals surface area contributed by atoms with Crippen LogP contribution in [0.2, 0.25) is 0 Å². The normalized spacial score (nSPS) is 11.4. The van der Waals surface area contributed by atoms with Crippen LogP contribution in [0.3, 0.4) is 0 Å². The van der Waals surface area contributed by atoms with Crippen molar-refractivity contribution in [3.8, 4) is 11.4 Å². The zero-order chi connectivity index (χ0) is 14.9. The molecule has 0 radical (unpaired) electrons. The van der Waals surface area contributed by atoms with Crippen molar-refractivity contribution >= 4 is 22.1 Å². The topological polar surface area (TPSA) is 44.1 Å². The minimum Gasteiger partial charge on any atom is -0.465 e. The molecule has 0 aliphatic rings. The molecule has 1 aromatic heterocycles. The molecule has 0 saturated heterocycles. The van der Waals surface area contributed by atoms with Gasteiger partial charge in [-0.3, -0.25) is 3.59 Å². The number of ether oxygens (including phenoxy) is 1. The lowest BCUT2D eigenvalue weighted by atomic mass is 10.1. The zero-order valence-corrected chi connectivity index (χ0v) is 11.7. The Morgan fingerprint density at radius 2 is 2.00 bits per heavy atom. The standard InChI is InChI=1S/C12H8BrF3N2O2/c1-20-11(19)8-5-3-2-4-7(8)10-17-9(6-18(10)13)12(14,15)16/h2-6H,1H3. The molecule has 8 heteroatoms. The lowest BCUT2D eigenvalue weighted by molar-refractivity contribution is -0.140. The molecule has 0 unspecified atom stereocenters. The van der Waals surface area contributed by atoms with Crippen LogP contribution in [-0.4, -0.2) is 21.7 Å². The number of alkyl halides is 3. The lowest BCUT2D eigenvalue weighted by Crippen LogP contribution is -2.06. The molecule has 1 heterocycles. The zero-order valence-electron chi connectivity index (χ0n) is 10.1. The molecule has 0 saturated carbocycles. The highest BCUT2D eigenvalue weighted by molar-refractivity contribution is 9.08. The molecule has 0 bridgehead atoms. The van der Waals surface area contributed by atoms with E-state index in [1.54, 1.807) is 12.1 Å². The predicted molar refractivity (Wildman–Crippen MR) is 68.3 cm³/mol. The van der Waals surface area contributed by atoms with Crippen LogP contribution in [0.15, 0.2) is 30.5 Å². The van der Waals surface area contributed by atoms with Crippen molar-refractivity contribution in [3.05, 3.63) is 41.7 Å². The van der Waals surface area contributed by atoms with Crippen LogP contribution in [0.25, 0.3) is 11.4 Å². The van der Waals surface area contributed by atoms with Crippen LogP contribution in [0.1, 0.15) is 16.1 Å². The van der Waals surface area contributed by atoms with Gasteiger partial charge in [0, 0.05) is 11.8 Å². The van der Waals surface area contributed by atoms with Gasteiger partial charge >= 0.3 is 12.1 Å². The molecule has 106 valence electrons. The number of hydrogen-bond acceptors (Lipinski definition) is 3. The Morgan fingerprint density at radius 1 is 1.35 bits per heavy atom. The highest BCUT2D eigenvalue weighted by Gasteiger charge is 2.35. The van der Waals surface area contributed by atoms with Crippen molar-refractivity contribution in [2.75, 3.05) is 7.11 Å². The SMILES string of the molecule is COC(=O)c1ccccc1-c1nc(C(F)(F)F)cn1Br. The number of halogens is 4. The molecule has 0 N–H and O–H groups in total. The van der Waals surface area contributed by atoms with E-state index in [9.17, 15) is 18.0 Å². The van der Waals surface area contributed by atoms with Crippen LogP contribution in [0.5, 0.6) is 0 Å². The van der Waals surface area contributed by atoms with Crippen LogP contribution < -0.4 is 0 Å². The number of aromatic nitrogens is 2. The van der Waals surface area contributed by atoms with Crippen molar-refractivity contribution in [1.29, 1.82) is 0 Å². The number of rotatable bonds is 2. The second kappa shape index (κ2) is 5.28. The van der Waals surface area contributed by atoms with Crippen molar-refractivity contribution in [2.45, 2.75) is 6.18 Å². The lowest BCUT2D eigenvalue weighted by Gasteiger charge is -2.06. The highest BCUT2D eigenvalue weighted by Crippen LogP contribution is 2.32. The molecule has 0 atom stereocenters. The van der Waals surface area contributed by atoms with Gasteiger partial charge in [0.2, 0.25) is 0 Å². The molecule has 0 fully saturated rings. The van der Waals surface area contributed by atoms with Gasteiger partial charge in [0.15, 0.2) is 11.5 Å². The molecule has 0 amide bonds. The van der Waals surface area contributed by atoms with Crippen molar-refractivity contribution in [1.82, 2.24) is 8.58 Å². The highest BCUT2D eigenvalue weighted by atomic mass is 79.9. The Hall–Kier alpha value is -1.83. The summed E-state index contributed by atoms with van der Waals surface area (Å²) in [6.07, 6.45) is -3.77. The monoisotopic (exact) mass is 348 g/mol. The van der Waals surface area contributed by atoms with Gasteiger partial charge in [-0.1, -0.05) is 18.2 Å². The summed E-state index contributed by atoms with van der Waals surface area (Å²) in [5, 5.41) is 0. The van der Waals surface area contributed by atoms with E-state index in [1.165, 1.54) is 19.2 Å². The number of benzene rings is 1. The van der Waals surface area contributed by atoms with E-state index in [2.05, 4.69) is 25.9 Å².